The monoisotopic (exact) mass is 439 g/mol. The van der Waals surface area contributed by atoms with Crippen LogP contribution in [0.1, 0.15) is 38.2 Å². The number of nitrogens with one attached hydrogen (secondary N) is 1. The van der Waals surface area contributed by atoms with Crippen molar-refractivity contribution in [3.8, 4) is 0 Å². The van der Waals surface area contributed by atoms with Gasteiger partial charge in [0.05, 0.1) is 17.6 Å². The van der Waals surface area contributed by atoms with Crippen LogP contribution in [-0.4, -0.2) is 27.6 Å². The molecule has 0 radical (unpaired) electrons. The Kier molecular flexibility index (Phi) is 6.18. The van der Waals surface area contributed by atoms with Crippen molar-refractivity contribution < 1.29 is 14.7 Å². The van der Waals surface area contributed by atoms with Crippen LogP contribution in [0.4, 0.5) is 0 Å². The maximum absolute atomic E-state index is 12.6. The molecule has 0 aliphatic rings. The van der Waals surface area contributed by atoms with Crippen molar-refractivity contribution in [3.63, 3.8) is 0 Å². The Balaban J connectivity index is 1.69. The van der Waals surface area contributed by atoms with E-state index in [-0.39, 0.29) is 5.91 Å². The number of amides is 1. The van der Waals surface area contributed by atoms with Gasteiger partial charge in [-0.1, -0.05) is 46.3 Å². The number of rotatable bonds is 6. The molecular formula is C21H18BrN3O3. The molecule has 1 atom stereocenters. The van der Waals surface area contributed by atoms with E-state index in [0.29, 0.717) is 22.5 Å². The van der Waals surface area contributed by atoms with E-state index < -0.39 is 11.9 Å². The van der Waals surface area contributed by atoms with Crippen LogP contribution in [-0.2, 0) is 7.05 Å². The van der Waals surface area contributed by atoms with Gasteiger partial charge in [0.2, 0.25) is 5.78 Å². The number of aliphatic hydroxyl groups is 1. The maximum atomic E-state index is 12.6. The number of ketones is 1. The van der Waals surface area contributed by atoms with Crippen LogP contribution in [0.2, 0.25) is 0 Å². The van der Waals surface area contributed by atoms with Gasteiger partial charge in [0.15, 0.2) is 0 Å². The van der Waals surface area contributed by atoms with E-state index in [1.54, 1.807) is 72.3 Å². The molecule has 1 amide bonds. The van der Waals surface area contributed by atoms with Gasteiger partial charge in [-0.25, -0.2) is 5.43 Å². The van der Waals surface area contributed by atoms with Gasteiger partial charge in [-0.15, -0.1) is 0 Å². The summed E-state index contributed by atoms with van der Waals surface area (Å²) in [5, 5.41) is 14.3. The molecular weight excluding hydrogens is 422 g/mol. The molecule has 1 heterocycles. The predicted molar refractivity (Wildman–Crippen MR) is 110 cm³/mol. The normalized spacial score (nSPS) is 12.1. The summed E-state index contributed by atoms with van der Waals surface area (Å²) >= 11 is 3.32. The first-order chi connectivity index (χ1) is 13.5. The average Bonchev–Trinajstić information content (AvgIpc) is 3.08. The third-order valence-electron chi connectivity index (χ3n) is 4.25. The van der Waals surface area contributed by atoms with Crippen LogP contribution in [0, 0.1) is 0 Å². The highest BCUT2D eigenvalue weighted by Crippen LogP contribution is 2.19. The Labute approximate surface area is 170 Å². The maximum Gasteiger partial charge on any atom is 0.271 e. The molecule has 0 saturated carbocycles. The SMILES string of the molecule is Cn1c(C=NNC(=O)c2ccc(Br)cc2)ccc1C(=O)C(O)c1ccccc1. The Hall–Kier alpha value is -3.03. The Bertz CT molecular complexity index is 1010. The molecule has 0 saturated heterocycles. The highest BCUT2D eigenvalue weighted by molar-refractivity contribution is 9.10. The molecule has 1 unspecified atom stereocenters. The van der Waals surface area contributed by atoms with Crippen molar-refractivity contribution in [1.29, 1.82) is 0 Å². The van der Waals surface area contributed by atoms with Crippen molar-refractivity contribution in [3.05, 3.63) is 93.7 Å². The zero-order valence-corrected chi connectivity index (χ0v) is 16.6. The minimum Gasteiger partial charge on any atom is -0.380 e. The second-order valence-corrected chi connectivity index (χ2v) is 7.00. The summed E-state index contributed by atoms with van der Waals surface area (Å²) in [6.07, 6.45) is 0.208. The minimum atomic E-state index is -1.24. The fourth-order valence-corrected chi connectivity index (χ4v) is 2.92. The smallest absolute Gasteiger partial charge is 0.271 e. The molecule has 0 fully saturated rings. The first-order valence-electron chi connectivity index (χ1n) is 8.49. The lowest BCUT2D eigenvalue weighted by Gasteiger charge is -2.11. The number of aromatic nitrogens is 1. The summed E-state index contributed by atoms with van der Waals surface area (Å²) in [6.45, 7) is 0. The number of halogens is 1. The van der Waals surface area contributed by atoms with Crippen LogP contribution in [0.15, 0.2) is 76.3 Å². The summed E-state index contributed by atoms with van der Waals surface area (Å²) in [5.74, 6) is -0.749. The number of aliphatic hydroxyl groups excluding tert-OH is 1. The number of nitrogens with zero attached hydrogens (tertiary/aromatic N) is 2. The number of carbonyl (C=O) groups is 2. The summed E-state index contributed by atoms with van der Waals surface area (Å²) in [6, 6.07) is 19.0. The molecule has 0 aliphatic carbocycles. The molecule has 28 heavy (non-hydrogen) atoms. The Morgan fingerprint density at radius 1 is 1.07 bits per heavy atom. The second kappa shape index (κ2) is 8.77. The van der Waals surface area contributed by atoms with Crippen LogP contribution >= 0.6 is 15.9 Å². The second-order valence-electron chi connectivity index (χ2n) is 6.09. The summed E-state index contributed by atoms with van der Waals surface area (Å²) < 4.78 is 2.50. The number of hydrogen-bond acceptors (Lipinski definition) is 4. The van der Waals surface area contributed by atoms with Gasteiger partial charge >= 0.3 is 0 Å². The lowest BCUT2D eigenvalue weighted by molar-refractivity contribution is 0.0738. The van der Waals surface area contributed by atoms with Gasteiger partial charge in [0, 0.05) is 17.1 Å². The van der Waals surface area contributed by atoms with Crippen LogP contribution < -0.4 is 5.43 Å². The zero-order chi connectivity index (χ0) is 20.1. The van der Waals surface area contributed by atoms with Crippen molar-refractivity contribution in [1.82, 2.24) is 9.99 Å². The van der Waals surface area contributed by atoms with Gasteiger partial charge in [0.25, 0.3) is 5.91 Å². The summed E-state index contributed by atoms with van der Waals surface area (Å²) in [7, 11) is 1.70. The Morgan fingerprint density at radius 3 is 2.43 bits per heavy atom. The number of benzene rings is 2. The molecule has 1 aromatic heterocycles. The van der Waals surface area contributed by atoms with Crippen LogP contribution in [0.5, 0.6) is 0 Å². The molecule has 3 rings (SSSR count). The molecule has 0 aliphatic heterocycles. The fourth-order valence-electron chi connectivity index (χ4n) is 2.65. The fraction of sp³-hybridized carbons (Fsp3) is 0.0952. The Morgan fingerprint density at radius 2 is 1.75 bits per heavy atom. The van der Waals surface area contributed by atoms with Crippen molar-refractivity contribution >= 4 is 33.8 Å². The van der Waals surface area contributed by atoms with E-state index in [4.69, 9.17) is 0 Å². The van der Waals surface area contributed by atoms with Crippen LogP contribution in [0.3, 0.4) is 0 Å². The standard InChI is InChI=1S/C21H18BrN3O3/c1-25-17(13-23-24-21(28)15-7-9-16(22)10-8-15)11-12-18(25)20(27)19(26)14-5-3-2-4-6-14/h2-13,19,26H,1H3,(H,24,28). The average molecular weight is 440 g/mol. The molecule has 2 N–H and O–H groups in total. The molecule has 2 aromatic carbocycles. The van der Waals surface area contributed by atoms with Crippen molar-refractivity contribution in [2.45, 2.75) is 6.10 Å². The highest BCUT2D eigenvalue weighted by atomic mass is 79.9. The van der Waals surface area contributed by atoms with E-state index in [1.807, 2.05) is 6.07 Å². The van der Waals surface area contributed by atoms with E-state index in [2.05, 4.69) is 26.5 Å². The number of hydrazone groups is 1. The number of hydrogen-bond donors (Lipinski definition) is 2. The van der Waals surface area contributed by atoms with Gasteiger partial charge in [0.1, 0.15) is 6.10 Å². The summed E-state index contributed by atoms with van der Waals surface area (Å²) in [4.78, 5) is 24.6. The van der Waals surface area contributed by atoms with E-state index >= 15 is 0 Å². The van der Waals surface area contributed by atoms with E-state index in [0.717, 1.165) is 4.47 Å². The first kappa shape index (κ1) is 19.7. The van der Waals surface area contributed by atoms with Crippen LogP contribution in [0.25, 0.3) is 0 Å². The van der Waals surface area contributed by atoms with Gasteiger partial charge < -0.3 is 9.67 Å². The topological polar surface area (TPSA) is 83.7 Å². The molecule has 3 aromatic rings. The molecule has 0 spiro atoms. The van der Waals surface area contributed by atoms with E-state index in [9.17, 15) is 14.7 Å². The number of carbonyl (C=O) groups excluding carboxylic acids is 2. The van der Waals surface area contributed by atoms with Gasteiger partial charge in [-0.05, 0) is 42.0 Å². The third-order valence-corrected chi connectivity index (χ3v) is 4.77. The largest absolute Gasteiger partial charge is 0.380 e. The highest BCUT2D eigenvalue weighted by Gasteiger charge is 2.22. The van der Waals surface area contributed by atoms with Crippen molar-refractivity contribution in [2.24, 2.45) is 12.1 Å². The minimum absolute atomic E-state index is 0.339. The predicted octanol–water partition coefficient (Wildman–Crippen LogP) is 3.47. The van der Waals surface area contributed by atoms with Crippen molar-refractivity contribution in [2.75, 3.05) is 0 Å². The quantitative estimate of drug-likeness (QED) is 0.350. The molecule has 142 valence electrons. The lowest BCUT2D eigenvalue weighted by Crippen LogP contribution is -2.18. The van der Waals surface area contributed by atoms with Gasteiger partial charge in [-0.3, -0.25) is 9.59 Å². The lowest BCUT2D eigenvalue weighted by atomic mass is 10.0. The molecule has 6 nitrogen and oxygen atoms in total. The molecule has 7 heteroatoms. The van der Waals surface area contributed by atoms with Gasteiger partial charge in [-0.2, -0.15) is 5.10 Å². The third kappa shape index (κ3) is 4.44. The van der Waals surface area contributed by atoms with E-state index in [1.165, 1.54) is 6.21 Å². The molecule has 0 bridgehead atoms. The first-order valence-corrected chi connectivity index (χ1v) is 9.28. The summed E-state index contributed by atoms with van der Waals surface area (Å²) in [5.41, 5.74) is 4.42. The number of Topliss-reactive ketones (excluding diaryl/α,β-unsaturated/α-hetero) is 1. The zero-order valence-electron chi connectivity index (χ0n) is 15.0.